The molecule has 0 saturated heterocycles. The third-order valence-corrected chi connectivity index (χ3v) is 3.93. The van der Waals surface area contributed by atoms with Crippen molar-refractivity contribution in [3.63, 3.8) is 0 Å². The summed E-state index contributed by atoms with van der Waals surface area (Å²) in [5, 5.41) is 3.15. The first-order chi connectivity index (χ1) is 9.15. The van der Waals surface area contributed by atoms with Gasteiger partial charge in [0.25, 0.3) is 0 Å². The van der Waals surface area contributed by atoms with E-state index >= 15 is 0 Å². The van der Waals surface area contributed by atoms with Crippen molar-refractivity contribution in [1.82, 2.24) is 4.98 Å². The number of ketones is 1. The number of aryl methyl sites for hydroxylation is 1. The Kier molecular flexibility index (Phi) is 4.86. The van der Waals surface area contributed by atoms with E-state index in [1.165, 1.54) is 0 Å². The Labute approximate surface area is 118 Å². The molecule has 1 aromatic heterocycles. The third kappa shape index (κ3) is 4.28. The van der Waals surface area contributed by atoms with Gasteiger partial charge >= 0.3 is 0 Å². The van der Waals surface area contributed by atoms with Crippen molar-refractivity contribution in [3.8, 4) is 0 Å². The molecule has 0 aliphatic heterocycles. The van der Waals surface area contributed by atoms with Gasteiger partial charge in [-0.3, -0.25) is 4.79 Å². The molecule has 1 heterocycles. The molecule has 0 unspecified atom stereocenters. The summed E-state index contributed by atoms with van der Waals surface area (Å²) < 4.78 is 0. The molecule has 100 valence electrons. The van der Waals surface area contributed by atoms with Gasteiger partial charge in [0.2, 0.25) is 0 Å². The minimum atomic E-state index is 0.140. The molecule has 2 nitrogen and oxygen atoms in total. The molecule has 0 spiro atoms. The highest BCUT2D eigenvalue weighted by molar-refractivity contribution is 7.09. The van der Waals surface area contributed by atoms with Crippen molar-refractivity contribution in [3.05, 3.63) is 52.0 Å². The highest BCUT2D eigenvalue weighted by Crippen LogP contribution is 2.16. The van der Waals surface area contributed by atoms with Crippen molar-refractivity contribution in [2.75, 3.05) is 0 Å². The maximum Gasteiger partial charge on any atom is 0.168 e. The van der Waals surface area contributed by atoms with Crippen LogP contribution in [0.4, 0.5) is 0 Å². The number of benzene rings is 1. The van der Waals surface area contributed by atoms with E-state index in [0.29, 0.717) is 12.3 Å². The molecule has 0 fully saturated rings. The molecule has 2 rings (SSSR count). The summed E-state index contributed by atoms with van der Waals surface area (Å²) in [7, 11) is 0. The number of rotatable bonds is 6. The van der Waals surface area contributed by atoms with Crippen LogP contribution in [0.1, 0.15) is 41.3 Å². The van der Waals surface area contributed by atoms with E-state index in [9.17, 15) is 4.79 Å². The fourth-order valence-corrected chi connectivity index (χ4v) is 2.66. The molecule has 0 amide bonds. The first-order valence-electron chi connectivity index (χ1n) is 6.66. The number of hydrogen-bond acceptors (Lipinski definition) is 3. The summed E-state index contributed by atoms with van der Waals surface area (Å²) in [4.78, 5) is 16.6. The van der Waals surface area contributed by atoms with E-state index < -0.39 is 0 Å². The zero-order valence-electron chi connectivity index (χ0n) is 11.4. The van der Waals surface area contributed by atoms with Gasteiger partial charge in [0.05, 0.1) is 17.1 Å². The van der Waals surface area contributed by atoms with Crippen LogP contribution in [-0.4, -0.2) is 10.8 Å². The van der Waals surface area contributed by atoms with Gasteiger partial charge in [-0.05, 0) is 18.8 Å². The summed E-state index contributed by atoms with van der Waals surface area (Å²) in [6, 6.07) is 9.41. The summed E-state index contributed by atoms with van der Waals surface area (Å²) in [6.45, 7) is 4.43. The molecule has 19 heavy (non-hydrogen) atoms. The van der Waals surface area contributed by atoms with E-state index in [0.717, 1.165) is 29.1 Å². The minimum Gasteiger partial charge on any atom is -0.294 e. The molecule has 1 aromatic carbocycles. The topological polar surface area (TPSA) is 30.0 Å². The van der Waals surface area contributed by atoms with Crippen molar-refractivity contribution in [2.45, 2.75) is 33.1 Å². The molecule has 0 aliphatic rings. The van der Waals surface area contributed by atoms with Gasteiger partial charge in [-0.1, -0.05) is 44.2 Å². The van der Waals surface area contributed by atoms with Crippen LogP contribution in [0.3, 0.4) is 0 Å². The lowest BCUT2D eigenvalue weighted by molar-refractivity contribution is 0.0992. The van der Waals surface area contributed by atoms with Gasteiger partial charge in [0, 0.05) is 10.9 Å². The Morgan fingerprint density at radius 1 is 1.26 bits per heavy atom. The number of carbonyl (C=O) groups excluding carboxylic acids is 1. The van der Waals surface area contributed by atoms with Crippen molar-refractivity contribution in [2.24, 2.45) is 5.92 Å². The monoisotopic (exact) mass is 273 g/mol. The zero-order valence-corrected chi connectivity index (χ0v) is 12.2. The minimum absolute atomic E-state index is 0.140. The second-order valence-corrected chi connectivity index (χ2v) is 6.07. The number of thiazole rings is 1. The van der Waals surface area contributed by atoms with Gasteiger partial charge in [0.15, 0.2) is 5.78 Å². The van der Waals surface area contributed by atoms with Gasteiger partial charge < -0.3 is 0 Å². The zero-order chi connectivity index (χ0) is 13.7. The smallest absolute Gasteiger partial charge is 0.168 e. The third-order valence-electron chi connectivity index (χ3n) is 2.97. The fraction of sp³-hybridized carbons (Fsp3) is 0.375. The Morgan fingerprint density at radius 3 is 2.68 bits per heavy atom. The van der Waals surface area contributed by atoms with E-state index in [2.05, 4.69) is 18.8 Å². The van der Waals surface area contributed by atoms with E-state index in [1.54, 1.807) is 11.3 Å². The van der Waals surface area contributed by atoms with Crippen LogP contribution in [-0.2, 0) is 12.8 Å². The second kappa shape index (κ2) is 6.62. The number of carbonyl (C=O) groups is 1. The van der Waals surface area contributed by atoms with Gasteiger partial charge in [-0.2, -0.15) is 0 Å². The van der Waals surface area contributed by atoms with Crippen LogP contribution in [0.5, 0.6) is 0 Å². The molecule has 0 saturated carbocycles. The SMILES string of the molecule is CC(C)CCc1nc(CC(=O)c2ccccc2)cs1. The van der Waals surface area contributed by atoms with Crippen LogP contribution in [0.25, 0.3) is 0 Å². The summed E-state index contributed by atoms with van der Waals surface area (Å²) >= 11 is 1.67. The first-order valence-corrected chi connectivity index (χ1v) is 7.54. The van der Waals surface area contributed by atoms with Crippen molar-refractivity contribution in [1.29, 1.82) is 0 Å². The molecule has 0 aliphatic carbocycles. The average Bonchev–Trinajstić information content (AvgIpc) is 2.85. The predicted octanol–water partition coefficient (Wildman–Crippen LogP) is 4.16. The summed E-state index contributed by atoms with van der Waals surface area (Å²) in [6.07, 6.45) is 2.57. The van der Waals surface area contributed by atoms with Crippen LogP contribution in [0.15, 0.2) is 35.7 Å². The Balaban J connectivity index is 1.95. The van der Waals surface area contributed by atoms with Crippen molar-refractivity contribution < 1.29 is 4.79 Å². The number of hydrogen-bond donors (Lipinski definition) is 0. The fourth-order valence-electron chi connectivity index (χ4n) is 1.85. The maximum atomic E-state index is 12.1. The molecule has 0 atom stereocenters. The molecule has 0 N–H and O–H groups in total. The second-order valence-electron chi connectivity index (χ2n) is 5.13. The molecule has 2 aromatic rings. The Hall–Kier alpha value is -1.48. The number of aromatic nitrogens is 1. The Bertz CT molecular complexity index is 531. The molecular formula is C16H19NOS. The molecule has 3 heteroatoms. The highest BCUT2D eigenvalue weighted by atomic mass is 32.1. The van der Waals surface area contributed by atoms with Crippen LogP contribution in [0.2, 0.25) is 0 Å². The lowest BCUT2D eigenvalue weighted by atomic mass is 10.1. The lowest BCUT2D eigenvalue weighted by Crippen LogP contribution is -2.03. The van der Waals surface area contributed by atoms with Gasteiger partial charge in [0.1, 0.15) is 0 Å². The maximum absolute atomic E-state index is 12.1. The Morgan fingerprint density at radius 2 is 2.00 bits per heavy atom. The van der Waals surface area contributed by atoms with E-state index in [-0.39, 0.29) is 5.78 Å². The number of Topliss-reactive ketones (excluding diaryl/α,β-unsaturated/α-hetero) is 1. The van der Waals surface area contributed by atoms with Crippen LogP contribution < -0.4 is 0 Å². The summed E-state index contributed by atoms with van der Waals surface area (Å²) in [5.41, 5.74) is 1.66. The van der Waals surface area contributed by atoms with E-state index in [1.807, 2.05) is 35.7 Å². The molecular weight excluding hydrogens is 254 g/mol. The molecule has 0 bridgehead atoms. The molecule has 0 radical (unpaired) electrons. The summed E-state index contributed by atoms with van der Waals surface area (Å²) in [5.74, 6) is 0.833. The standard InChI is InChI=1S/C16H19NOS/c1-12(2)8-9-16-17-14(11-19-16)10-15(18)13-6-4-3-5-7-13/h3-7,11-12H,8-10H2,1-2H3. The quantitative estimate of drug-likeness (QED) is 0.740. The number of nitrogens with zero attached hydrogens (tertiary/aromatic N) is 1. The largest absolute Gasteiger partial charge is 0.294 e. The van der Waals surface area contributed by atoms with Crippen LogP contribution >= 0.6 is 11.3 Å². The van der Waals surface area contributed by atoms with E-state index in [4.69, 9.17) is 0 Å². The lowest BCUT2D eigenvalue weighted by Gasteiger charge is -2.00. The van der Waals surface area contributed by atoms with Gasteiger partial charge in [-0.25, -0.2) is 4.98 Å². The van der Waals surface area contributed by atoms with Crippen molar-refractivity contribution >= 4 is 17.1 Å². The average molecular weight is 273 g/mol. The predicted molar refractivity (Wildman–Crippen MR) is 79.7 cm³/mol. The van der Waals surface area contributed by atoms with Gasteiger partial charge in [-0.15, -0.1) is 11.3 Å². The first kappa shape index (κ1) is 13.9. The highest BCUT2D eigenvalue weighted by Gasteiger charge is 2.10. The normalized spacial score (nSPS) is 10.9. The van der Waals surface area contributed by atoms with Crippen LogP contribution in [0, 0.1) is 5.92 Å².